The number of amides is 2. The van der Waals surface area contributed by atoms with Crippen molar-refractivity contribution in [2.75, 3.05) is 13.7 Å². The normalized spacial score (nSPS) is 16.9. The average molecular weight is 310 g/mol. The van der Waals surface area contributed by atoms with Gasteiger partial charge in [0.2, 0.25) is 0 Å². The molecule has 1 saturated heterocycles. The summed E-state index contributed by atoms with van der Waals surface area (Å²) >= 11 is 6.93. The van der Waals surface area contributed by atoms with Crippen molar-refractivity contribution in [1.82, 2.24) is 4.90 Å². The first kappa shape index (κ1) is 14.7. The van der Waals surface area contributed by atoms with Crippen molar-refractivity contribution in [2.24, 2.45) is 0 Å². The second-order valence-electron chi connectivity index (χ2n) is 3.97. The third-order valence-electron chi connectivity index (χ3n) is 2.66. The summed E-state index contributed by atoms with van der Waals surface area (Å²) in [6, 6.07) is 5.16. The van der Waals surface area contributed by atoms with E-state index in [0.29, 0.717) is 15.7 Å². The van der Waals surface area contributed by atoms with Crippen molar-refractivity contribution in [3.8, 4) is 5.75 Å². The standard InChI is InChI=1S/C14H12ClNO3S/c1-3-6-16-13(17)12(20-14(16)18)8-9-4-5-11(19-2)10(15)7-9/h3-5,7-8H,1,6H2,2H3/b12-8+. The Morgan fingerprint density at radius 1 is 1.45 bits per heavy atom. The summed E-state index contributed by atoms with van der Waals surface area (Å²) in [6.07, 6.45) is 3.16. The molecule has 0 N–H and O–H groups in total. The fourth-order valence-electron chi connectivity index (χ4n) is 1.71. The molecule has 0 unspecified atom stereocenters. The van der Waals surface area contributed by atoms with Crippen LogP contribution in [0, 0.1) is 0 Å². The SMILES string of the molecule is C=CCN1C(=O)S/C(=C/c2ccc(OC)c(Cl)c2)C1=O. The molecule has 1 aromatic carbocycles. The summed E-state index contributed by atoms with van der Waals surface area (Å²) in [5.41, 5.74) is 0.736. The number of hydrogen-bond acceptors (Lipinski definition) is 4. The number of halogens is 1. The average Bonchev–Trinajstić information content (AvgIpc) is 2.67. The van der Waals surface area contributed by atoms with E-state index < -0.39 is 0 Å². The number of methoxy groups -OCH3 is 1. The van der Waals surface area contributed by atoms with Gasteiger partial charge in [0, 0.05) is 6.54 Å². The Morgan fingerprint density at radius 2 is 2.20 bits per heavy atom. The molecule has 1 aromatic rings. The minimum atomic E-state index is -0.313. The predicted octanol–water partition coefficient (Wildman–Crippen LogP) is 3.57. The first-order chi connectivity index (χ1) is 9.56. The molecule has 4 nitrogen and oxygen atoms in total. The van der Waals surface area contributed by atoms with Gasteiger partial charge in [0.1, 0.15) is 5.75 Å². The number of nitrogens with zero attached hydrogens (tertiary/aromatic N) is 1. The second kappa shape index (κ2) is 6.15. The van der Waals surface area contributed by atoms with Crippen molar-refractivity contribution >= 4 is 40.6 Å². The molecule has 1 heterocycles. The van der Waals surface area contributed by atoms with Gasteiger partial charge in [-0.05, 0) is 35.5 Å². The fourth-order valence-corrected chi connectivity index (χ4v) is 2.82. The highest BCUT2D eigenvalue weighted by Crippen LogP contribution is 2.33. The molecule has 0 spiro atoms. The molecule has 1 fully saturated rings. The second-order valence-corrected chi connectivity index (χ2v) is 5.38. The van der Waals surface area contributed by atoms with E-state index in [2.05, 4.69) is 6.58 Å². The lowest BCUT2D eigenvalue weighted by atomic mass is 10.2. The van der Waals surface area contributed by atoms with Crippen LogP contribution in [-0.2, 0) is 4.79 Å². The summed E-state index contributed by atoms with van der Waals surface area (Å²) < 4.78 is 5.06. The quantitative estimate of drug-likeness (QED) is 0.630. The van der Waals surface area contributed by atoms with E-state index in [1.807, 2.05) is 0 Å². The van der Waals surface area contributed by atoms with Crippen LogP contribution in [0.5, 0.6) is 5.75 Å². The van der Waals surface area contributed by atoms with Gasteiger partial charge in [-0.3, -0.25) is 14.5 Å². The van der Waals surface area contributed by atoms with Crippen molar-refractivity contribution in [3.63, 3.8) is 0 Å². The summed E-state index contributed by atoms with van der Waals surface area (Å²) in [6.45, 7) is 3.74. The van der Waals surface area contributed by atoms with Crippen molar-refractivity contribution in [3.05, 3.63) is 46.3 Å². The maximum absolute atomic E-state index is 12.0. The molecule has 0 atom stereocenters. The van der Waals surface area contributed by atoms with Crippen molar-refractivity contribution in [2.45, 2.75) is 0 Å². The zero-order valence-electron chi connectivity index (χ0n) is 10.8. The van der Waals surface area contributed by atoms with Gasteiger partial charge >= 0.3 is 0 Å². The van der Waals surface area contributed by atoms with Crippen LogP contribution in [0.15, 0.2) is 35.8 Å². The molecule has 2 amide bonds. The Kier molecular flexibility index (Phi) is 4.52. The molecule has 6 heteroatoms. The lowest BCUT2D eigenvalue weighted by Gasteiger charge is -2.07. The van der Waals surface area contributed by atoms with Crippen LogP contribution in [0.4, 0.5) is 4.79 Å². The van der Waals surface area contributed by atoms with Crippen LogP contribution in [-0.4, -0.2) is 29.7 Å². The third-order valence-corrected chi connectivity index (χ3v) is 3.86. The van der Waals surface area contributed by atoms with Crippen molar-refractivity contribution in [1.29, 1.82) is 0 Å². The molecule has 0 saturated carbocycles. The minimum Gasteiger partial charge on any atom is -0.495 e. The summed E-state index contributed by atoms with van der Waals surface area (Å²) in [5.74, 6) is 0.246. The number of hydrogen-bond donors (Lipinski definition) is 0. The van der Waals surface area contributed by atoms with Gasteiger partial charge in [0.05, 0.1) is 17.0 Å². The van der Waals surface area contributed by atoms with E-state index in [4.69, 9.17) is 16.3 Å². The van der Waals surface area contributed by atoms with E-state index in [1.54, 1.807) is 24.3 Å². The smallest absolute Gasteiger partial charge is 0.293 e. The molecular weight excluding hydrogens is 298 g/mol. The van der Waals surface area contributed by atoms with Crippen LogP contribution in [0.2, 0.25) is 5.02 Å². The minimum absolute atomic E-state index is 0.214. The Bertz CT molecular complexity index is 612. The number of carbonyl (C=O) groups excluding carboxylic acids is 2. The molecule has 1 aliphatic heterocycles. The molecule has 0 aliphatic carbocycles. The van der Waals surface area contributed by atoms with Crippen LogP contribution in [0.1, 0.15) is 5.56 Å². The summed E-state index contributed by atoms with van der Waals surface area (Å²) in [4.78, 5) is 25.2. The van der Waals surface area contributed by atoms with Crippen LogP contribution >= 0.6 is 23.4 Å². The summed E-state index contributed by atoms with van der Waals surface area (Å²) in [7, 11) is 1.53. The molecular formula is C14H12ClNO3S. The maximum Gasteiger partial charge on any atom is 0.293 e. The zero-order chi connectivity index (χ0) is 14.7. The Balaban J connectivity index is 2.28. The van der Waals surface area contributed by atoms with E-state index in [0.717, 1.165) is 22.2 Å². The fraction of sp³-hybridized carbons (Fsp3) is 0.143. The molecule has 1 aliphatic rings. The van der Waals surface area contributed by atoms with Gasteiger partial charge in [0.15, 0.2) is 0 Å². The highest BCUT2D eigenvalue weighted by molar-refractivity contribution is 8.18. The molecule has 0 aromatic heterocycles. The zero-order valence-corrected chi connectivity index (χ0v) is 12.3. The number of carbonyl (C=O) groups is 2. The van der Waals surface area contributed by atoms with Gasteiger partial charge in [-0.15, -0.1) is 6.58 Å². The van der Waals surface area contributed by atoms with E-state index in [-0.39, 0.29) is 17.7 Å². The van der Waals surface area contributed by atoms with Crippen molar-refractivity contribution < 1.29 is 14.3 Å². The molecule has 0 bridgehead atoms. The van der Waals surface area contributed by atoms with Gasteiger partial charge in [0.25, 0.3) is 11.1 Å². The first-order valence-corrected chi connectivity index (χ1v) is 6.96. The van der Waals surface area contributed by atoms with Crippen LogP contribution < -0.4 is 4.74 Å². The molecule has 104 valence electrons. The Labute approximate surface area is 126 Å². The van der Waals surface area contributed by atoms with E-state index >= 15 is 0 Å². The van der Waals surface area contributed by atoms with Gasteiger partial charge in [-0.1, -0.05) is 23.7 Å². The van der Waals surface area contributed by atoms with Gasteiger partial charge in [-0.2, -0.15) is 0 Å². The number of thioether (sulfide) groups is 1. The largest absolute Gasteiger partial charge is 0.495 e. The van der Waals surface area contributed by atoms with E-state index in [1.165, 1.54) is 13.2 Å². The van der Waals surface area contributed by atoms with Gasteiger partial charge in [-0.25, -0.2) is 0 Å². The highest BCUT2D eigenvalue weighted by atomic mass is 35.5. The topological polar surface area (TPSA) is 46.6 Å². The lowest BCUT2D eigenvalue weighted by Crippen LogP contribution is -2.27. The predicted molar refractivity (Wildman–Crippen MR) is 80.9 cm³/mol. The molecule has 0 radical (unpaired) electrons. The maximum atomic E-state index is 12.0. The van der Waals surface area contributed by atoms with Crippen LogP contribution in [0.3, 0.4) is 0 Å². The monoisotopic (exact) mass is 309 g/mol. The lowest BCUT2D eigenvalue weighted by molar-refractivity contribution is -0.122. The van der Waals surface area contributed by atoms with Gasteiger partial charge < -0.3 is 4.74 Å². The van der Waals surface area contributed by atoms with Crippen LogP contribution in [0.25, 0.3) is 6.08 Å². The van der Waals surface area contributed by atoms with E-state index in [9.17, 15) is 9.59 Å². The third kappa shape index (κ3) is 2.89. The highest BCUT2D eigenvalue weighted by Gasteiger charge is 2.33. The Hall–Kier alpha value is -1.72. The number of ether oxygens (including phenoxy) is 1. The Morgan fingerprint density at radius 3 is 2.80 bits per heavy atom. The number of benzene rings is 1. The first-order valence-electron chi connectivity index (χ1n) is 5.76. The number of imide groups is 1. The molecule has 2 rings (SSSR count). The number of rotatable bonds is 4. The summed E-state index contributed by atoms with van der Waals surface area (Å²) in [5, 5.41) is 0.160. The molecule has 20 heavy (non-hydrogen) atoms.